The molecule has 212 valence electrons. The zero-order valence-corrected chi connectivity index (χ0v) is 26.3. The molecule has 4 aliphatic rings. The van der Waals surface area contributed by atoms with Gasteiger partial charge in [0.1, 0.15) is 0 Å². The van der Waals surface area contributed by atoms with Gasteiger partial charge in [0.15, 0.2) is 0 Å². The number of hydrogen-bond donors (Lipinski definition) is 0. The molecule has 8 atom stereocenters. The van der Waals surface area contributed by atoms with E-state index >= 15 is 0 Å². The summed E-state index contributed by atoms with van der Waals surface area (Å²) in [5.74, 6) is 3.73. The highest BCUT2D eigenvalue weighted by atomic mass is 15.4. The van der Waals surface area contributed by atoms with E-state index in [4.69, 9.17) is 0 Å². The van der Waals surface area contributed by atoms with Crippen LogP contribution in [0.25, 0.3) is 21.5 Å². The molecule has 4 aromatic carbocycles. The van der Waals surface area contributed by atoms with Crippen LogP contribution in [0.5, 0.6) is 0 Å². The predicted octanol–water partition coefficient (Wildman–Crippen LogP) is 9.87. The minimum Gasteiger partial charge on any atom is -0.350 e. The maximum absolute atomic E-state index is 2.81. The van der Waals surface area contributed by atoms with Gasteiger partial charge in [0.25, 0.3) is 0 Å². The molecule has 0 fully saturated rings. The Balaban J connectivity index is 1.34. The fourth-order valence-electron chi connectivity index (χ4n) is 9.65. The summed E-state index contributed by atoms with van der Waals surface area (Å²) in [6.45, 7) is 20.8. The molecule has 0 aromatic heterocycles. The minimum absolute atomic E-state index is 0.467. The normalized spacial score (nSPS) is 31.7. The number of fused-ring (bicyclic) bond motifs is 12. The fraction of sp³-hybridized carbons (Fsp3) is 0.487. The number of anilines is 2. The summed E-state index contributed by atoms with van der Waals surface area (Å²) in [6, 6.07) is 19.6. The third-order valence-electron chi connectivity index (χ3n) is 12.6. The van der Waals surface area contributed by atoms with Crippen molar-refractivity contribution in [1.82, 2.24) is 0 Å². The van der Waals surface area contributed by atoms with E-state index in [2.05, 4.69) is 114 Å². The van der Waals surface area contributed by atoms with Crippen LogP contribution in [0.3, 0.4) is 0 Å². The SMILES string of the molecule is C[C@@H]1c2c3c(c4ccccc4c2C[C@@H]1C)N(CN1c2c(c4c(c5ccccc25)C[C@H](C)[C@@H]4C)[C@H](C)[C@@H]1C)[C@@H](C)[C@H]3C. The van der Waals surface area contributed by atoms with E-state index in [9.17, 15) is 0 Å². The Morgan fingerprint density at radius 1 is 0.488 bits per heavy atom. The van der Waals surface area contributed by atoms with Gasteiger partial charge in [-0.05, 0) is 94.5 Å². The van der Waals surface area contributed by atoms with Gasteiger partial charge in [0, 0.05) is 34.7 Å². The Hall–Kier alpha value is -3.00. The van der Waals surface area contributed by atoms with Crippen LogP contribution in [0.2, 0.25) is 0 Å². The van der Waals surface area contributed by atoms with Gasteiger partial charge >= 0.3 is 0 Å². The van der Waals surface area contributed by atoms with Crippen molar-refractivity contribution in [2.24, 2.45) is 11.8 Å². The number of hydrogen-bond acceptors (Lipinski definition) is 2. The third kappa shape index (κ3) is 3.20. The predicted molar refractivity (Wildman–Crippen MR) is 176 cm³/mol. The lowest BCUT2D eigenvalue weighted by Gasteiger charge is -2.36. The summed E-state index contributed by atoms with van der Waals surface area (Å²) >= 11 is 0. The van der Waals surface area contributed by atoms with Crippen LogP contribution in [0.1, 0.15) is 112 Å². The highest BCUT2D eigenvalue weighted by molar-refractivity contribution is 6.03. The number of rotatable bonds is 2. The summed E-state index contributed by atoms with van der Waals surface area (Å²) in [5, 5.41) is 5.94. The molecule has 4 aromatic rings. The van der Waals surface area contributed by atoms with Crippen molar-refractivity contribution in [3.8, 4) is 0 Å². The lowest BCUT2D eigenvalue weighted by molar-refractivity contribution is 0.519. The van der Waals surface area contributed by atoms with E-state index in [0.29, 0.717) is 47.6 Å². The monoisotopic (exact) mass is 542 g/mol. The molecule has 0 saturated carbocycles. The van der Waals surface area contributed by atoms with E-state index in [1.165, 1.54) is 45.8 Å². The van der Waals surface area contributed by atoms with Crippen LogP contribution in [0.4, 0.5) is 11.4 Å². The topological polar surface area (TPSA) is 6.48 Å². The second-order valence-electron chi connectivity index (χ2n) is 14.5. The molecule has 2 heterocycles. The van der Waals surface area contributed by atoms with E-state index in [1.54, 1.807) is 33.4 Å². The molecule has 0 bridgehead atoms. The average molecular weight is 543 g/mol. The molecule has 2 nitrogen and oxygen atoms in total. The Morgan fingerprint density at radius 3 is 1.24 bits per heavy atom. The van der Waals surface area contributed by atoms with Crippen molar-refractivity contribution in [3.63, 3.8) is 0 Å². The second-order valence-corrected chi connectivity index (χ2v) is 14.5. The lowest BCUT2D eigenvalue weighted by Crippen LogP contribution is -2.44. The molecule has 2 aliphatic carbocycles. The average Bonchev–Trinajstić information content (AvgIpc) is 3.61. The summed E-state index contributed by atoms with van der Waals surface area (Å²) < 4.78 is 0. The first-order valence-corrected chi connectivity index (χ1v) is 16.4. The van der Waals surface area contributed by atoms with Gasteiger partial charge in [-0.2, -0.15) is 0 Å². The zero-order chi connectivity index (χ0) is 28.5. The fourth-order valence-corrected chi connectivity index (χ4v) is 9.65. The second kappa shape index (κ2) is 8.76. The molecule has 0 amide bonds. The highest BCUT2D eigenvalue weighted by Gasteiger charge is 2.46. The maximum atomic E-state index is 2.81. The van der Waals surface area contributed by atoms with E-state index in [1.807, 2.05) is 0 Å². The molecule has 2 aliphatic heterocycles. The zero-order valence-electron chi connectivity index (χ0n) is 26.3. The Morgan fingerprint density at radius 2 is 0.854 bits per heavy atom. The Kier molecular flexibility index (Phi) is 5.49. The first-order chi connectivity index (χ1) is 19.7. The largest absolute Gasteiger partial charge is 0.350 e. The molecule has 0 unspecified atom stereocenters. The lowest BCUT2D eigenvalue weighted by atomic mass is 9.85. The van der Waals surface area contributed by atoms with Crippen LogP contribution >= 0.6 is 0 Å². The van der Waals surface area contributed by atoms with Crippen LogP contribution in [0.15, 0.2) is 48.5 Å². The van der Waals surface area contributed by atoms with Crippen molar-refractivity contribution in [2.45, 2.75) is 104 Å². The van der Waals surface area contributed by atoms with E-state index in [0.717, 1.165) is 6.67 Å². The quantitative estimate of drug-likeness (QED) is 0.249. The van der Waals surface area contributed by atoms with Crippen molar-refractivity contribution in [1.29, 1.82) is 0 Å². The van der Waals surface area contributed by atoms with Gasteiger partial charge in [-0.3, -0.25) is 0 Å². The van der Waals surface area contributed by atoms with Gasteiger partial charge in [0.05, 0.1) is 18.0 Å². The molecule has 2 heteroatoms. The highest BCUT2D eigenvalue weighted by Crippen LogP contribution is 2.57. The smallest absolute Gasteiger partial charge is 0.0909 e. The summed E-state index contributed by atoms with van der Waals surface area (Å²) in [5.41, 5.74) is 13.0. The van der Waals surface area contributed by atoms with E-state index < -0.39 is 0 Å². The van der Waals surface area contributed by atoms with Crippen molar-refractivity contribution in [2.75, 3.05) is 16.5 Å². The van der Waals surface area contributed by atoms with Crippen molar-refractivity contribution in [3.05, 3.63) is 81.9 Å². The molecule has 0 radical (unpaired) electrons. The molecular weight excluding hydrogens is 496 g/mol. The molecule has 41 heavy (non-hydrogen) atoms. The van der Waals surface area contributed by atoms with Crippen LogP contribution in [0, 0.1) is 11.8 Å². The summed E-state index contributed by atoms with van der Waals surface area (Å²) in [4.78, 5) is 5.62. The van der Waals surface area contributed by atoms with E-state index in [-0.39, 0.29) is 0 Å². The molecule has 0 N–H and O–H groups in total. The first kappa shape index (κ1) is 25.7. The first-order valence-electron chi connectivity index (χ1n) is 16.4. The Labute approximate surface area is 246 Å². The molecule has 8 rings (SSSR count). The van der Waals surface area contributed by atoms with Gasteiger partial charge < -0.3 is 9.80 Å². The van der Waals surface area contributed by atoms with Gasteiger partial charge in [0.2, 0.25) is 0 Å². The molecule has 0 saturated heterocycles. The van der Waals surface area contributed by atoms with Gasteiger partial charge in [-0.15, -0.1) is 0 Å². The van der Waals surface area contributed by atoms with Crippen LogP contribution < -0.4 is 9.80 Å². The minimum atomic E-state index is 0.467. The van der Waals surface area contributed by atoms with Crippen LogP contribution in [-0.2, 0) is 12.8 Å². The number of nitrogens with zero attached hydrogens (tertiary/aromatic N) is 2. The summed E-state index contributed by atoms with van der Waals surface area (Å²) in [7, 11) is 0. The number of benzene rings is 4. The molecule has 0 spiro atoms. The van der Waals surface area contributed by atoms with Crippen molar-refractivity contribution < 1.29 is 0 Å². The standard InChI is InChI=1S/C39H46N2/c1-20-17-32-28-13-9-11-15-30(28)38-36(34(32)22(20)3)24(5)26(7)40(38)19-41-27(8)25(6)37-35-23(4)21(2)18-33(35)29-14-10-12-16-31(29)39(37)41/h9-16,20-27H,17-19H2,1-8H3/t20-,21-,22-,23-,24+,25+,26-,27-/m0/s1. The van der Waals surface area contributed by atoms with Gasteiger partial charge in [-0.1, -0.05) is 90.1 Å². The Bertz CT molecular complexity index is 1600. The summed E-state index contributed by atoms with van der Waals surface area (Å²) in [6.07, 6.45) is 2.43. The molecular formula is C39H46N2. The third-order valence-corrected chi connectivity index (χ3v) is 12.6. The van der Waals surface area contributed by atoms with Gasteiger partial charge in [-0.25, -0.2) is 0 Å². The van der Waals surface area contributed by atoms with Crippen molar-refractivity contribution >= 4 is 32.9 Å². The maximum Gasteiger partial charge on any atom is 0.0909 e. The van der Waals surface area contributed by atoms with Crippen LogP contribution in [-0.4, -0.2) is 18.8 Å².